The number of rotatable bonds is 4. The van der Waals surface area contributed by atoms with Gasteiger partial charge >= 0.3 is 11.3 Å². The molecule has 3 aromatic rings. The van der Waals surface area contributed by atoms with Crippen molar-refractivity contribution in [3.05, 3.63) is 36.4 Å². The van der Waals surface area contributed by atoms with E-state index in [1.54, 1.807) is 0 Å². The summed E-state index contributed by atoms with van der Waals surface area (Å²) in [6.07, 6.45) is -7.76. The fourth-order valence-corrected chi connectivity index (χ4v) is 3.43. The number of aliphatic hydroxyl groups excluding tert-OH is 4. The third kappa shape index (κ3) is 3.83. The van der Waals surface area contributed by atoms with Crippen molar-refractivity contribution in [2.45, 2.75) is 30.7 Å². The third-order valence-corrected chi connectivity index (χ3v) is 5.15. The maximum Gasteiger partial charge on any atom is 0.402 e. The van der Waals surface area contributed by atoms with Crippen LogP contribution in [0.4, 0.5) is 0 Å². The SMILES string of the molecule is OCC1O[C@@H](Oc2cc3c(O)cc(O)cc3[o+]c2-c2ccc(O)c(O)c2)C(O)[C@@H](O)[C@H]1O. The van der Waals surface area contributed by atoms with Crippen LogP contribution in [-0.2, 0) is 4.74 Å². The lowest BCUT2D eigenvalue weighted by atomic mass is 9.99. The van der Waals surface area contributed by atoms with Gasteiger partial charge in [-0.25, -0.2) is 4.42 Å². The molecule has 1 aliphatic heterocycles. The molecule has 0 amide bonds. The predicted octanol–water partition coefficient (Wildman–Crippen LogP) is 0.382. The highest BCUT2D eigenvalue weighted by Gasteiger charge is 2.45. The molecular formula is C21H21O11+. The predicted molar refractivity (Wildman–Crippen MR) is 107 cm³/mol. The molecule has 1 aliphatic rings. The summed E-state index contributed by atoms with van der Waals surface area (Å²) in [6.45, 7) is -0.661. The van der Waals surface area contributed by atoms with Crippen molar-refractivity contribution in [1.82, 2.24) is 0 Å². The molecule has 0 aliphatic carbocycles. The minimum absolute atomic E-state index is 0.0465. The van der Waals surface area contributed by atoms with Crippen LogP contribution in [0.3, 0.4) is 0 Å². The molecule has 0 radical (unpaired) electrons. The first-order valence-corrected chi connectivity index (χ1v) is 9.52. The lowest BCUT2D eigenvalue weighted by Crippen LogP contribution is -2.60. The summed E-state index contributed by atoms with van der Waals surface area (Å²) in [5.74, 6) is -1.64. The number of phenols is 4. The van der Waals surface area contributed by atoms with Crippen LogP contribution in [-0.4, -0.2) is 78.2 Å². The summed E-state index contributed by atoms with van der Waals surface area (Å²) in [7, 11) is 0. The molecule has 11 nitrogen and oxygen atoms in total. The van der Waals surface area contributed by atoms with Crippen LogP contribution in [0.5, 0.6) is 28.7 Å². The van der Waals surface area contributed by atoms with Gasteiger partial charge in [0, 0.05) is 18.2 Å². The van der Waals surface area contributed by atoms with E-state index in [4.69, 9.17) is 13.9 Å². The zero-order chi connectivity index (χ0) is 23.2. The van der Waals surface area contributed by atoms with Gasteiger partial charge in [0.25, 0.3) is 0 Å². The summed E-state index contributed by atoms with van der Waals surface area (Å²) in [5.41, 5.74) is 0.260. The molecule has 5 atom stereocenters. The Labute approximate surface area is 180 Å². The molecule has 1 saturated heterocycles. The van der Waals surface area contributed by atoms with Crippen LogP contribution in [0.2, 0.25) is 0 Å². The molecular weight excluding hydrogens is 428 g/mol. The minimum Gasteiger partial charge on any atom is -0.507 e. The fourth-order valence-electron chi connectivity index (χ4n) is 3.43. The van der Waals surface area contributed by atoms with Gasteiger partial charge in [0.2, 0.25) is 12.0 Å². The molecule has 170 valence electrons. The molecule has 1 aromatic heterocycles. The Morgan fingerprint density at radius 2 is 1.59 bits per heavy atom. The Bertz CT molecular complexity index is 1150. The van der Waals surface area contributed by atoms with E-state index < -0.39 is 43.1 Å². The summed E-state index contributed by atoms with van der Waals surface area (Å²) < 4.78 is 16.8. The van der Waals surface area contributed by atoms with Crippen LogP contribution in [0.25, 0.3) is 22.3 Å². The van der Waals surface area contributed by atoms with Gasteiger partial charge in [-0.3, -0.25) is 0 Å². The summed E-state index contributed by atoms with van der Waals surface area (Å²) in [5, 5.41) is 79.2. The first kappa shape index (κ1) is 21.9. The zero-order valence-electron chi connectivity index (χ0n) is 16.4. The quantitative estimate of drug-likeness (QED) is 0.203. The summed E-state index contributed by atoms with van der Waals surface area (Å²) in [6, 6.07) is 7.37. The Balaban J connectivity index is 1.84. The zero-order valence-corrected chi connectivity index (χ0v) is 16.4. The molecule has 32 heavy (non-hydrogen) atoms. The molecule has 11 heteroatoms. The fraction of sp³-hybridized carbons (Fsp3) is 0.286. The number of fused-ring (bicyclic) bond motifs is 1. The van der Waals surface area contributed by atoms with Gasteiger partial charge < -0.3 is 50.3 Å². The van der Waals surface area contributed by atoms with Gasteiger partial charge in [0.1, 0.15) is 41.3 Å². The van der Waals surface area contributed by atoms with Crippen LogP contribution in [0, 0.1) is 0 Å². The number of ether oxygens (including phenoxy) is 2. The van der Waals surface area contributed by atoms with Gasteiger partial charge in [-0.05, 0) is 12.1 Å². The normalized spacial score (nSPS) is 25.7. The second kappa shape index (κ2) is 8.30. The van der Waals surface area contributed by atoms with E-state index in [9.17, 15) is 40.9 Å². The lowest BCUT2D eigenvalue weighted by molar-refractivity contribution is -0.277. The first-order valence-electron chi connectivity index (χ1n) is 9.52. The van der Waals surface area contributed by atoms with Crippen molar-refractivity contribution < 1.29 is 54.7 Å². The van der Waals surface area contributed by atoms with E-state index in [1.807, 2.05) is 0 Å². The Morgan fingerprint density at radius 3 is 2.28 bits per heavy atom. The maximum atomic E-state index is 10.3. The van der Waals surface area contributed by atoms with E-state index in [1.165, 1.54) is 30.3 Å². The van der Waals surface area contributed by atoms with Crippen molar-refractivity contribution in [1.29, 1.82) is 0 Å². The highest BCUT2D eigenvalue weighted by atomic mass is 16.7. The highest BCUT2D eigenvalue weighted by molar-refractivity contribution is 5.88. The van der Waals surface area contributed by atoms with Crippen molar-refractivity contribution in [3.8, 4) is 40.1 Å². The summed E-state index contributed by atoms with van der Waals surface area (Å²) in [4.78, 5) is 0. The van der Waals surface area contributed by atoms with Gasteiger partial charge in [0.05, 0.1) is 18.2 Å². The number of phenolic OH excluding ortho intramolecular Hbond substituents is 4. The monoisotopic (exact) mass is 449 g/mol. The molecule has 1 fully saturated rings. The number of hydrogen-bond acceptors (Lipinski definition) is 10. The van der Waals surface area contributed by atoms with E-state index in [2.05, 4.69) is 0 Å². The maximum absolute atomic E-state index is 10.3. The number of hydrogen-bond donors (Lipinski definition) is 8. The van der Waals surface area contributed by atoms with Crippen molar-refractivity contribution >= 4 is 11.0 Å². The van der Waals surface area contributed by atoms with Crippen LogP contribution in [0.15, 0.2) is 40.8 Å². The molecule has 2 unspecified atom stereocenters. The molecule has 2 aromatic carbocycles. The molecule has 8 N–H and O–H groups in total. The van der Waals surface area contributed by atoms with Crippen LogP contribution >= 0.6 is 0 Å². The van der Waals surface area contributed by atoms with Crippen molar-refractivity contribution in [2.75, 3.05) is 6.61 Å². The average molecular weight is 449 g/mol. The van der Waals surface area contributed by atoms with Gasteiger partial charge in [-0.2, -0.15) is 0 Å². The smallest absolute Gasteiger partial charge is 0.402 e. The number of aliphatic hydroxyl groups is 4. The first-order chi connectivity index (χ1) is 15.2. The van der Waals surface area contributed by atoms with Crippen molar-refractivity contribution in [3.63, 3.8) is 0 Å². The Hall–Kier alpha value is -3.35. The standard InChI is InChI=1S/C21H20O11/c22-7-16-17(27)18(28)19(29)21(32-16)31-15-6-10-12(25)4-9(23)5-14(10)30-20(15)8-1-2-11(24)13(26)3-8/h1-6,16-19,21-22,27-29H,7H2,(H3-,23,24,25,26)/p+1/t16?,17-,18-,19?,21+/m0/s1. The largest absolute Gasteiger partial charge is 0.507 e. The molecule has 0 bridgehead atoms. The number of aromatic hydroxyl groups is 4. The van der Waals surface area contributed by atoms with Gasteiger partial charge in [0.15, 0.2) is 11.5 Å². The Kier molecular flexibility index (Phi) is 5.67. The van der Waals surface area contributed by atoms with Gasteiger partial charge in [-0.1, -0.05) is 0 Å². The summed E-state index contributed by atoms with van der Waals surface area (Å²) >= 11 is 0. The van der Waals surface area contributed by atoms with E-state index in [-0.39, 0.29) is 45.3 Å². The van der Waals surface area contributed by atoms with Crippen LogP contribution < -0.4 is 4.74 Å². The van der Waals surface area contributed by atoms with E-state index >= 15 is 0 Å². The van der Waals surface area contributed by atoms with Gasteiger partial charge in [-0.15, -0.1) is 0 Å². The highest BCUT2D eigenvalue weighted by Crippen LogP contribution is 2.42. The lowest BCUT2D eigenvalue weighted by Gasteiger charge is -2.39. The third-order valence-electron chi connectivity index (χ3n) is 5.15. The van der Waals surface area contributed by atoms with Crippen LogP contribution in [0.1, 0.15) is 0 Å². The molecule has 4 rings (SSSR count). The topological polar surface area (TPSA) is 192 Å². The molecule has 0 saturated carbocycles. The minimum atomic E-state index is -1.71. The van der Waals surface area contributed by atoms with E-state index in [0.29, 0.717) is 0 Å². The average Bonchev–Trinajstić information content (AvgIpc) is 2.76. The second-order valence-corrected chi connectivity index (χ2v) is 7.34. The van der Waals surface area contributed by atoms with E-state index in [0.717, 1.165) is 6.07 Å². The Morgan fingerprint density at radius 1 is 0.844 bits per heavy atom. The van der Waals surface area contributed by atoms with Crippen molar-refractivity contribution in [2.24, 2.45) is 0 Å². The molecule has 0 spiro atoms. The molecule has 2 heterocycles. The second-order valence-electron chi connectivity index (χ2n) is 7.34. The number of benzene rings is 2.